The molecular formula is C17H13N5O2. The van der Waals surface area contributed by atoms with E-state index in [1.807, 2.05) is 36.4 Å². The summed E-state index contributed by atoms with van der Waals surface area (Å²) in [5, 5.41) is 4.70. The number of benzene rings is 1. The number of nitrogens with one attached hydrogen (secondary N) is 1. The highest BCUT2D eigenvalue weighted by atomic mass is 16.5. The molecule has 1 N–H and O–H groups in total. The second kappa shape index (κ2) is 5.96. The molecule has 1 aromatic carbocycles. The first kappa shape index (κ1) is 14.1. The van der Waals surface area contributed by atoms with Crippen LogP contribution >= 0.6 is 0 Å². The number of rotatable bonds is 4. The van der Waals surface area contributed by atoms with Crippen LogP contribution in [0.15, 0.2) is 66.1 Å². The third kappa shape index (κ3) is 2.63. The van der Waals surface area contributed by atoms with Gasteiger partial charge in [0.15, 0.2) is 5.65 Å². The molecule has 0 aliphatic heterocycles. The molecule has 24 heavy (non-hydrogen) atoms. The van der Waals surface area contributed by atoms with Gasteiger partial charge in [0.25, 0.3) is 5.56 Å². The number of H-pyrrole nitrogens is 1. The lowest BCUT2D eigenvalue weighted by Crippen LogP contribution is -2.06. The molecule has 3 aromatic heterocycles. The van der Waals surface area contributed by atoms with Crippen molar-refractivity contribution < 1.29 is 4.74 Å². The first-order valence-corrected chi connectivity index (χ1v) is 7.35. The molecule has 0 aliphatic rings. The topological polar surface area (TPSA) is 85.7 Å². The van der Waals surface area contributed by atoms with Crippen LogP contribution in [0, 0.1) is 0 Å². The first-order valence-electron chi connectivity index (χ1n) is 7.35. The van der Waals surface area contributed by atoms with Crippen LogP contribution in [-0.2, 0) is 6.61 Å². The molecule has 0 fully saturated rings. The minimum atomic E-state index is -0.212. The minimum Gasteiger partial charge on any atom is -0.489 e. The summed E-state index contributed by atoms with van der Waals surface area (Å²) in [4.78, 5) is 22.5. The predicted molar refractivity (Wildman–Crippen MR) is 88.1 cm³/mol. The molecular weight excluding hydrogens is 306 g/mol. The Morgan fingerprint density at radius 1 is 1.17 bits per heavy atom. The molecule has 0 bridgehead atoms. The number of aromatic amines is 1. The number of fused-ring (bicyclic) bond motifs is 1. The lowest BCUT2D eigenvalue weighted by molar-refractivity contribution is 0.306. The second-order valence-electron chi connectivity index (χ2n) is 5.17. The Labute approximate surface area is 136 Å². The summed E-state index contributed by atoms with van der Waals surface area (Å²) >= 11 is 0. The van der Waals surface area contributed by atoms with E-state index in [4.69, 9.17) is 4.74 Å². The minimum absolute atomic E-state index is 0.212. The van der Waals surface area contributed by atoms with Gasteiger partial charge in [-0.2, -0.15) is 5.10 Å². The van der Waals surface area contributed by atoms with Crippen LogP contribution in [0.3, 0.4) is 0 Å². The summed E-state index contributed by atoms with van der Waals surface area (Å²) in [6, 6.07) is 11.3. The largest absolute Gasteiger partial charge is 0.489 e. The molecule has 118 valence electrons. The van der Waals surface area contributed by atoms with Gasteiger partial charge in [-0.15, -0.1) is 0 Å². The SMILES string of the molecule is O=c1[nH]cnc2c1cnn2-c1cccc(OCc2ccncc2)c1. The van der Waals surface area contributed by atoms with E-state index in [1.54, 1.807) is 17.1 Å². The normalized spacial score (nSPS) is 10.8. The summed E-state index contributed by atoms with van der Waals surface area (Å²) in [7, 11) is 0. The van der Waals surface area contributed by atoms with Crippen LogP contribution in [0.25, 0.3) is 16.7 Å². The Hall–Kier alpha value is -3.48. The molecule has 0 spiro atoms. The molecule has 7 nitrogen and oxygen atoms in total. The van der Waals surface area contributed by atoms with Gasteiger partial charge in [-0.3, -0.25) is 9.78 Å². The van der Waals surface area contributed by atoms with E-state index >= 15 is 0 Å². The Kier molecular flexibility index (Phi) is 3.51. The maximum atomic E-state index is 11.8. The number of aromatic nitrogens is 5. The maximum absolute atomic E-state index is 11.8. The fourth-order valence-corrected chi connectivity index (χ4v) is 2.40. The average molecular weight is 319 g/mol. The molecule has 0 amide bonds. The lowest BCUT2D eigenvalue weighted by Gasteiger charge is -2.08. The van der Waals surface area contributed by atoms with Gasteiger partial charge in [-0.1, -0.05) is 6.07 Å². The fourth-order valence-electron chi connectivity index (χ4n) is 2.40. The molecule has 0 saturated heterocycles. The van der Waals surface area contributed by atoms with E-state index in [0.717, 1.165) is 11.3 Å². The smallest absolute Gasteiger partial charge is 0.261 e. The van der Waals surface area contributed by atoms with Crippen LogP contribution in [0.1, 0.15) is 5.56 Å². The number of hydrogen-bond acceptors (Lipinski definition) is 5. The van der Waals surface area contributed by atoms with E-state index in [-0.39, 0.29) is 5.56 Å². The molecule has 7 heteroatoms. The van der Waals surface area contributed by atoms with Gasteiger partial charge >= 0.3 is 0 Å². The van der Waals surface area contributed by atoms with E-state index in [1.165, 1.54) is 12.5 Å². The van der Waals surface area contributed by atoms with Crippen LogP contribution in [0.4, 0.5) is 0 Å². The third-order valence-electron chi connectivity index (χ3n) is 3.59. The van der Waals surface area contributed by atoms with Crippen molar-refractivity contribution in [3.63, 3.8) is 0 Å². The third-order valence-corrected chi connectivity index (χ3v) is 3.59. The summed E-state index contributed by atoms with van der Waals surface area (Å²) in [6.07, 6.45) is 6.33. The maximum Gasteiger partial charge on any atom is 0.261 e. The monoisotopic (exact) mass is 319 g/mol. The van der Waals surface area contributed by atoms with E-state index in [9.17, 15) is 4.79 Å². The van der Waals surface area contributed by atoms with Crippen molar-refractivity contribution in [2.75, 3.05) is 0 Å². The lowest BCUT2D eigenvalue weighted by atomic mass is 10.3. The molecule has 0 saturated carbocycles. The zero-order valence-electron chi connectivity index (χ0n) is 12.6. The zero-order chi connectivity index (χ0) is 16.4. The average Bonchev–Trinajstić information content (AvgIpc) is 3.07. The summed E-state index contributed by atoms with van der Waals surface area (Å²) in [5.41, 5.74) is 2.10. The Balaban J connectivity index is 1.64. The van der Waals surface area contributed by atoms with Crippen molar-refractivity contribution in [2.45, 2.75) is 6.61 Å². The van der Waals surface area contributed by atoms with Crippen LogP contribution in [0.5, 0.6) is 5.75 Å². The highest BCUT2D eigenvalue weighted by Crippen LogP contribution is 2.19. The predicted octanol–water partition coefficient (Wildman–Crippen LogP) is 2.08. The Morgan fingerprint density at radius 2 is 2.04 bits per heavy atom. The summed E-state index contributed by atoms with van der Waals surface area (Å²) < 4.78 is 7.42. The van der Waals surface area contributed by atoms with Crippen molar-refractivity contribution in [2.24, 2.45) is 0 Å². The molecule has 4 rings (SSSR count). The van der Waals surface area contributed by atoms with Gasteiger partial charge in [0.05, 0.1) is 18.2 Å². The van der Waals surface area contributed by atoms with Crippen molar-refractivity contribution in [1.82, 2.24) is 24.7 Å². The highest BCUT2D eigenvalue weighted by molar-refractivity contribution is 5.74. The van der Waals surface area contributed by atoms with Gasteiger partial charge in [0.2, 0.25) is 0 Å². The number of hydrogen-bond donors (Lipinski definition) is 1. The summed E-state index contributed by atoms with van der Waals surface area (Å²) in [6.45, 7) is 0.448. The number of nitrogens with zero attached hydrogens (tertiary/aromatic N) is 4. The zero-order valence-corrected chi connectivity index (χ0v) is 12.6. The number of pyridine rings is 1. The molecule has 0 unspecified atom stereocenters. The second-order valence-corrected chi connectivity index (χ2v) is 5.17. The highest BCUT2D eigenvalue weighted by Gasteiger charge is 2.09. The van der Waals surface area contributed by atoms with Crippen LogP contribution < -0.4 is 10.3 Å². The van der Waals surface area contributed by atoms with Gasteiger partial charge < -0.3 is 9.72 Å². The van der Waals surface area contributed by atoms with E-state index < -0.39 is 0 Å². The van der Waals surface area contributed by atoms with Gasteiger partial charge in [-0.05, 0) is 29.8 Å². The Morgan fingerprint density at radius 3 is 2.92 bits per heavy atom. The first-order chi connectivity index (χ1) is 11.8. The van der Waals surface area contributed by atoms with Gasteiger partial charge in [0, 0.05) is 18.5 Å². The molecule has 0 aliphatic carbocycles. The van der Waals surface area contributed by atoms with Crippen molar-refractivity contribution in [3.05, 3.63) is 77.2 Å². The molecule has 0 radical (unpaired) electrons. The van der Waals surface area contributed by atoms with Crippen molar-refractivity contribution >= 4 is 11.0 Å². The van der Waals surface area contributed by atoms with Crippen molar-refractivity contribution in [1.29, 1.82) is 0 Å². The summed E-state index contributed by atoms with van der Waals surface area (Å²) in [5.74, 6) is 0.706. The van der Waals surface area contributed by atoms with Crippen LogP contribution in [-0.4, -0.2) is 24.7 Å². The van der Waals surface area contributed by atoms with Crippen LogP contribution in [0.2, 0.25) is 0 Å². The van der Waals surface area contributed by atoms with E-state index in [2.05, 4.69) is 20.1 Å². The van der Waals surface area contributed by atoms with Crippen molar-refractivity contribution in [3.8, 4) is 11.4 Å². The van der Waals surface area contributed by atoms with E-state index in [0.29, 0.717) is 23.4 Å². The quantitative estimate of drug-likeness (QED) is 0.622. The number of ether oxygens (including phenoxy) is 1. The molecule has 0 atom stereocenters. The van der Waals surface area contributed by atoms with Gasteiger partial charge in [0.1, 0.15) is 17.7 Å². The van der Waals surface area contributed by atoms with Gasteiger partial charge in [-0.25, -0.2) is 9.67 Å². The molecule has 4 aromatic rings. The standard InChI is InChI=1S/C17H13N5O2/c23-17-15-9-21-22(16(15)19-11-20-17)13-2-1-3-14(8-13)24-10-12-4-6-18-7-5-12/h1-9,11H,10H2,(H,19,20,23). The fraction of sp³-hybridized carbons (Fsp3) is 0.0588. The Bertz CT molecular complexity index is 1040. The molecule has 3 heterocycles.